The third kappa shape index (κ3) is 1.98. The Labute approximate surface area is 184 Å². The molecule has 1 aliphatic heterocycles. The minimum Gasteiger partial charge on any atom is -0.273 e. The van der Waals surface area contributed by atoms with Crippen LogP contribution in [0.15, 0.2) is 48.5 Å². The number of carbonyl (C=O) groups is 3. The summed E-state index contributed by atoms with van der Waals surface area (Å²) in [5.74, 6) is -2.38. The average Bonchev–Trinajstić information content (AvgIpc) is 3.55. The molecule has 2 aromatic rings. The highest BCUT2D eigenvalue weighted by Crippen LogP contribution is 2.70. The van der Waals surface area contributed by atoms with Gasteiger partial charge in [0.15, 0.2) is 0 Å². The van der Waals surface area contributed by atoms with Crippen molar-refractivity contribution < 1.29 is 14.4 Å². The SMILES string of the molecule is O=C(NN1C(=O)[C@@H]2[C@@H](C1=O)C1(Br)c3ccccc3C2(Br)c2ccccc21)C1CC1. The van der Waals surface area contributed by atoms with Gasteiger partial charge in [-0.25, -0.2) is 0 Å². The summed E-state index contributed by atoms with van der Waals surface area (Å²) in [6.07, 6.45) is 1.60. The van der Waals surface area contributed by atoms with Gasteiger partial charge in [-0.1, -0.05) is 80.4 Å². The molecular weight excluding hydrogens is 500 g/mol. The quantitative estimate of drug-likeness (QED) is 0.492. The van der Waals surface area contributed by atoms with E-state index in [0.717, 1.165) is 40.1 Å². The van der Waals surface area contributed by atoms with Crippen LogP contribution in [0.3, 0.4) is 0 Å². The molecule has 146 valence electrons. The van der Waals surface area contributed by atoms with Crippen molar-refractivity contribution in [3.05, 3.63) is 70.8 Å². The fraction of sp³-hybridized carbons (Fsp3) is 0.318. The van der Waals surface area contributed by atoms with E-state index in [-0.39, 0.29) is 23.6 Å². The van der Waals surface area contributed by atoms with E-state index in [1.165, 1.54) is 0 Å². The van der Waals surface area contributed by atoms with Crippen molar-refractivity contribution in [2.75, 3.05) is 0 Å². The lowest BCUT2D eigenvalue weighted by Crippen LogP contribution is -2.56. The summed E-state index contributed by atoms with van der Waals surface area (Å²) in [6, 6.07) is 15.8. The number of halogens is 2. The molecule has 1 heterocycles. The Morgan fingerprint density at radius 3 is 1.55 bits per heavy atom. The van der Waals surface area contributed by atoms with Gasteiger partial charge in [0, 0.05) is 5.92 Å². The molecular formula is C22H16Br2N2O3. The van der Waals surface area contributed by atoms with Gasteiger partial charge in [-0.05, 0) is 35.1 Å². The number of benzene rings is 2. The Balaban J connectivity index is 1.59. The first kappa shape index (κ1) is 17.8. The normalized spacial score (nSPS) is 33.9. The summed E-state index contributed by atoms with van der Waals surface area (Å²) in [7, 11) is 0. The van der Waals surface area contributed by atoms with Crippen LogP contribution in [0.2, 0.25) is 0 Å². The van der Waals surface area contributed by atoms with Crippen LogP contribution in [0.5, 0.6) is 0 Å². The second-order valence-corrected chi connectivity index (χ2v) is 10.7. The summed E-state index contributed by atoms with van der Waals surface area (Å²) in [5, 5.41) is 0.972. The minimum absolute atomic E-state index is 0.0970. The first-order valence-corrected chi connectivity index (χ1v) is 11.2. The van der Waals surface area contributed by atoms with Gasteiger partial charge in [-0.3, -0.25) is 19.8 Å². The van der Waals surface area contributed by atoms with Crippen molar-refractivity contribution in [3.8, 4) is 0 Å². The van der Waals surface area contributed by atoms with E-state index in [4.69, 9.17) is 0 Å². The summed E-state index contributed by atoms with van der Waals surface area (Å²) in [6.45, 7) is 0. The lowest BCUT2D eigenvalue weighted by molar-refractivity contribution is -0.149. The second kappa shape index (κ2) is 5.58. The van der Waals surface area contributed by atoms with Crippen LogP contribution >= 0.6 is 31.9 Å². The molecule has 0 spiro atoms. The zero-order valence-corrected chi connectivity index (χ0v) is 18.4. The van der Waals surface area contributed by atoms with Crippen molar-refractivity contribution in [3.63, 3.8) is 0 Å². The topological polar surface area (TPSA) is 66.5 Å². The molecule has 7 rings (SSSR count). The molecule has 5 aliphatic rings. The van der Waals surface area contributed by atoms with Gasteiger partial charge < -0.3 is 0 Å². The lowest BCUT2D eigenvalue weighted by atomic mass is 9.54. The molecule has 2 aromatic carbocycles. The van der Waals surface area contributed by atoms with Crippen molar-refractivity contribution in [2.45, 2.75) is 21.5 Å². The zero-order chi connectivity index (χ0) is 20.1. The number of nitrogens with zero attached hydrogens (tertiary/aromatic N) is 1. The minimum atomic E-state index is -0.827. The highest BCUT2D eigenvalue weighted by Gasteiger charge is 2.72. The molecule has 1 N–H and O–H groups in total. The van der Waals surface area contributed by atoms with Gasteiger partial charge in [0.05, 0.1) is 20.5 Å². The number of rotatable bonds is 2. The summed E-state index contributed by atoms with van der Waals surface area (Å²) >= 11 is 7.86. The molecule has 2 fully saturated rings. The predicted octanol–water partition coefficient (Wildman–Crippen LogP) is 3.33. The van der Waals surface area contributed by atoms with Crippen LogP contribution in [-0.4, -0.2) is 22.7 Å². The fourth-order valence-corrected chi connectivity index (χ4v) is 7.63. The molecule has 0 aromatic heterocycles. The number of alkyl halides is 2. The van der Waals surface area contributed by atoms with Gasteiger partial charge in [0.2, 0.25) is 5.91 Å². The smallest absolute Gasteiger partial charge is 0.254 e. The van der Waals surface area contributed by atoms with Crippen LogP contribution in [0.25, 0.3) is 0 Å². The van der Waals surface area contributed by atoms with E-state index in [9.17, 15) is 14.4 Å². The first-order chi connectivity index (χ1) is 13.9. The fourth-order valence-electron chi connectivity index (χ4n) is 5.32. The molecule has 1 saturated carbocycles. The van der Waals surface area contributed by atoms with E-state index >= 15 is 0 Å². The van der Waals surface area contributed by atoms with E-state index in [1.807, 2.05) is 48.5 Å². The highest BCUT2D eigenvalue weighted by molar-refractivity contribution is 9.10. The maximum absolute atomic E-state index is 13.5. The van der Waals surface area contributed by atoms with Crippen LogP contribution in [0.1, 0.15) is 35.1 Å². The van der Waals surface area contributed by atoms with Gasteiger partial charge >= 0.3 is 0 Å². The number of amides is 3. The Hall–Kier alpha value is -1.99. The maximum atomic E-state index is 13.5. The van der Waals surface area contributed by atoms with Gasteiger partial charge in [-0.2, -0.15) is 5.01 Å². The molecule has 2 bridgehead atoms. The standard InChI is InChI=1S/C22H16Br2N2O3/c23-21-12-5-1-2-6-13(12)22(24,15-8-4-3-7-14(15)21)17-16(21)19(28)26(20(17)29)25-18(27)11-9-10-11/h1-8,11,16-17H,9-10H2,(H,25,27)/t16-,17-,21?,22?/m0/s1. The summed E-state index contributed by atoms with van der Waals surface area (Å²) in [4.78, 5) is 39.4. The molecule has 2 atom stereocenters. The lowest BCUT2D eigenvalue weighted by Gasteiger charge is -2.55. The summed E-state index contributed by atoms with van der Waals surface area (Å²) < 4.78 is -1.65. The highest BCUT2D eigenvalue weighted by atomic mass is 79.9. The number of hydrogen-bond acceptors (Lipinski definition) is 3. The van der Waals surface area contributed by atoms with Crippen molar-refractivity contribution in [2.24, 2.45) is 17.8 Å². The summed E-state index contributed by atoms with van der Waals surface area (Å²) in [5.41, 5.74) is 6.53. The number of nitrogens with one attached hydrogen (secondary N) is 1. The Bertz CT molecular complexity index is 1010. The van der Waals surface area contributed by atoms with Crippen LogP contribution in [0, 0.1) is 17.8 Å². The predicted molar refractivity (Wildman–Crippen MR) is 112 cm³/mol. The van der Waals surface area contributed by atoms with Gasteiger partial charge in [0.25, 0.3) is 11.8 Å². The van der Waals surface area contributed by atoms with Gasteiger partial charge in [0.1, 0.15) is 0 Å². The third-order valence-corrected chi connectivity index (χ3v) is 9.45. The Morgan fingerprint density at radius 2 is 1.21 bits per heavy atom. The Morgan fingerprint density at radius 1 is 0.828 bits per heavy atom. The van der Waals surface area contributed by atoms with E-state index in [0.29, 0.717) is 0 Å². The molecule has 3 amide bonds. The monoisotopic (exact) mass is 514 g/mol. The zero-order valence-electron chi connectivity index (χ0n) is 15.2. The molecule has 0 unspecified atom stereocenters. The number of hydrazine groups is 1. The van der Waals surface area contributed by atoms with Gasteiger partial charge in [-0.15, -0.1) is 0 Å². The second-order valence-electron chi connectivity index (χ2n) is 8.23. The number of hydrogen-bond donors (Lipinski definition) is 1. The molecule has 7 heteroatoms. The van der Waals surface area contributed by atoms with E-state index < -0.39 is 20.5 Å². The van der Waals surface area contributed by atoms with Crippen molar-refractivity contribution in [1.82, 2.24) is 10.4 Å². The van der Waals surface area contributed by atoms with E-state index in [1.54, 1.807) is 0 Å². The molecule has 0 radical (unpaired) electrons. The average molecular weight is 516 g/mol. The van der Waals surface area contributed by atoms with Crippen LogP contribution < -0.4 is 5.43 Å². The molecule has 29 heavy (non-hydrogen) atoms. The largest absolute Gasteiger partial charge is 0.273 e. The molecule has 5 nitrogen and oxygen atoms in total. The molecule has 4 aliphatic carbocycles. The van der Waals surface area contributed by atoms with E-state index in [2.05, 4.69) is 37.3 Å². The number of carbonyl (C=O) groups excluding carboxylic acids is 3. The molecule has 1 saturated heterocycles. The van der Waals surface area contributed by atoms with Crippen LogP contribution in [0.4, 0.5) is 0 Å². The first-order valence-electron chi connectivity index (χ1n) is 9.66. The number of imide groups is 1. The third-order valence-electron chi connectivity index (χ3n) is 6.76. The Kier molecular flexibility index (Phi) is 3.43. The van der Waals surface area contributed by atoms with Crippen molar-refractivity contribution >= 4 is 49.6 Å². The van der Waals surface area contributed by atoms with Crippen LogP contribution in [-0.2, 0) is 23.0 Å². The van der Waals surface area contributed by atoms with Crippen molar-refractivity contribution in [1.29, 1.82) is 0 Å². The maximum Gasteiger partial charge on any atom is 0.254 e.